The molecule has 4 nitrogen and oxygen atoms in total. The fourth-order valence-corrected chi connectivity index (χ4v) is 1.88. The monoisotopic (exact) mass is 230 g/mol. The zero-order chi connectivity index (χ0) is 12.2. The molecule has 1 aliphatic rings. The minimum absolute atomic E-state index is 0.167. The summed E-state index contributed by atoms with van der Waals surface area (Å²) in [6, 6.07) is 0. The summed E-state index contributed by atoms with van der Waals surface area (Å²) in [7, 11) is 0. The molecule has 0 aromatic heterocycles. The van der Waals surface area contributed by atoms with Gasteiger partial charge in [-0.25, -0.2) is 0 Å². The van der Waals surface area contributed by atoms with E-state index < -0.39 is 5.79 Å². The van der Waals surface area contributed by atoms with Gasteiger partial charge in [0.05, 0.1) is 12.7 Å². The Hall–Kier alpha value is -0.160. The van der Waals surface area contributed by atoms with Crippen LogP contribution in [-0.2, 0) is 9.47 Å². The average Bonchev–Trinajstić information content (AvgIpc) is 2.52. The topological polar surface area (TPSA) is 56.5 Å². The van der Waals surface area contributed by atoms with E-state index in [1.807, 2.05) is 13.8 Å². The minimum Gasteiger partial charge on any atom is -0.348 e. The van der Waals surface area contributed by atoms with Crippen LogP contribution in [-0.4, -0.2) is 38.1 Å². The zero-order valence-corrected chi connectivity index (χ0v) is 11.0. The van der Waals surface area contributed by atoms with E-state index in [0.717, 1.165) is 19.6 Å². The molecule has 0 radical (unpaired) electrons. The van der Waals surface area contributed by atoms with Crippen molar-refractivity contribution in [1.29, 1.82) is 0 Å². The lowest BCUT2D eigenvalue weighted by atomic mass is 9.96. The lowest BCUT2D eigenvalue weighted by Gasteiger charge is -2.21. The van der Waals surface area contributed by atoms with Crippen LogP contribution >= 0.6 is 0 Å². The third-order valence-electron chi connectivity index (χ3n) is 3.09. The van der Waals surface area contributed by atoms with E-state index in [4.69, 9.17) is 15.2 Å². The number of hydrogen-bond acceptors (Lipinski definition) is 4. The fourth-order valence-electron chi connectivity index (χ4n) is 1.88. The molecule has 0 saturated carbocycles. The maximum absolute atomic E-state index is 5.72. The largest absolute Gasteiger partial charge is 0.348 e. The third kappa shape index (κ3) is 4.37. The summed E-state index contributed by atoms with van der Waals surface area (Å²) in [5.41, 5.74) is 5.72. The second-order valence-electron chi connectivity index (χ2n) is 5.35. The first-order valence-electron chi connectivity index (χ1n) is 6.17. The highest BCUT2D eigenvalue weighted by molar-refractivity contribution is 4.74. The maximum atomic E-state index is 5.72. The van der Waals surface area contributed by atoms with Crippen molar-refractivity contribution in [1.82, 2.24) is 5.32 Å². The van der Waals surface area contributed by atoms with Gasteiger partial charge in [-0.05, 0) is 38.8 Å². The van der Waals surface area contributed by atoms with Crippen LogP contribution in [0.3, 0.4) is 0 Å². The highest BCUT2D eigenvalue weighted by Gasteiger charge is 2.32. The second kappa shape index (κ2) is 5.96. The van der Waals surface area contributed by atoms with Crippen molar-refractivity contribution in [3.05, 3.63) is 0 Å². The Kier molecular flexibility index (Phi) is 5.18. The van der Waals surface area contributed by atoms with Crippen LogP contribution < -0.4 is 11.1 Å². The van der Waals surface area contributed by atoms with E-state index in [1.165, 1.54) is 0 Å². The summed E-state index contributed by atoms with van der Waals surface area (Å²) in [6.45, 7) is 11.5. The lowest BCUT2D eigenvalue weighted by molar-refractivity contribution is -0.137. The smallest absolute Gasteiger partial charge is 0.163 e. The Morgan fingerprint density at radius 2 is 2.12 bits per heavy atom. The molecule has 0 aromatic rings. The van der Waals surface area contributed by atoms with Crippen molar-refractivity contribution in [2.45, 2.75) is 39.6 Å². The first kappa shape index (κ1) is 13.9. The molecule has 2 atom stereocenters. The summed E-state index contributed by atoms with van der Waals surface area (Å²) in [5.74, 6) is 0.738. The molecule has 0 spiro atoms. The van der Waals surface area contributed by atoms with Crippen LogP contribution in [0.4, 0.5) is 0 Å². The van der Waals surface area contributed by atoms with E-state index in [1.54, 1.807) is 0 Å². The van der Waals surface area contributed by atoms with Crippen LogP contribution in [0.25, 0.3) is 0 Å². The summed E-state index contributed by atoms with van der Waals surface area (Å²) < 4.78 is 11.2. The summed E-state index contributed by atoms with van der Waals surface area (Å²) in [5, 5.41) is 3.41. The van der Waals surface area contributed by atoms with Gasteiger partial charge in [0, 0.05) is 6.54 Å². The molecule has 1 heterocycles. The molecule has 0 bridgehead atoms. The van der Waals surface area contributed by atoms with Crippen LogP contribution in [0.15, 0.2) is 0 Å². The molecule has 0 amide bonds. The van der Waals surface area contributed by atoms with Gasteiger partial charge in [0.15, 0.2) is 5.79 Å². The molecule has 3 N–H and O–H groups in total. The van der Waals surface area contributed by atoms with Gasteiger partial charge in [-0.3, -0.25) is 0 Å². The van der Waals surface area contributed by atoms with Gasteiger partial charge >= 0.3 is 0 Å². The lowest BCUT2D eigenvalue weighted by Crippen LogP contribution is -2.37. The van der Waals surface area contributed by atoms with Crippen molar-refractivity contribution >= 4 is 0 Å². The number of nitrogens with two attached hydrogens (primary N) is 1. The molecular formula is C12H26N2O2. The summed E-state index contributed by atoms with van der Waals surface area (Å²) in [6.07, 6.45) is 0.167. The molecule has 1 aliphatic heterocycles. The van der Waals surface area contributed by atoms with E-state index in [-0.39, 0.29) is 6.10 Å². The molecule has 0 aliphatic carbocycles. The predicted molar refractivity (Wildman–Crippen MR) is 65.2 cm³/mol. The first-order chi connectivity index (χ1) is 7.44. The number of nitrogens with one attached hydrogen (secondary N) is 1. The van der Waals surface area contributed by atoms with Gasteiger partial charge in [0.25, 0.3) is 0 Å². The van der Waals surface area contributed by atoms with Crippen molar-refractivity contribution in [2.75, 3.05) is 26.2 Å². The summed E-state index contributed by atoms with van der Waals surface area (Å²) >= 11 is 0. The second-order valence-corrected chi connectivity index (χ2v) is 5.35. The highest BCUT2D eigenvalue weighted by Crippen LogP contribution is 2.21. The van der Waals surface area contributed by atoms with Crippen molar-refractivity contribution in [2.24, 2.45) is 17.6 Å². The molecule has 16 heavy (non-hydrogen) atoms. The Morgan fingerprint density at radius 3 is 2.56 bits per heavy atom. The SMILES string of the molecule is CC(C)C(CN)CNCC1COC(C)(C)O1. The number of rotatable bonds is 6. The molecule has 0 aromatic carbocycles. The van der Waals surface area contributed by atoms with Crippen molar-refractivity contribution < 1.29 is 9.47 Å². The van der Waals surface area contributed by atoms with E-state index >= 15 is 0 Å². The van der Waals surface area contributed by atoms with E-state index in [9.17, 15) is 0 Å². The molecule has 2 unspecified atom stereocenters. The Balaban J connectivity index is 2.16. The zero-order valence-electron chi connectivity index (χ0n) is 11.0. The van der Waals surface area contributed by atoms with Gasteiger partial charge < -0.3 is 20.5 Å². The van der Waals surface area contributed by atoms with E-state index in [0.29, 0.717) is 18.4 Å². The quantitative estimate of drug-likeness (QED) is 0.713. The fraction of sp³-hybridized carbons (Fsp3) is 1.00. The van der Waals surface area contributed by atoms with Gasteiger partial charge in [-0.15, -0.1) is 0 Å². The summed E-state index contributed by atoms with van der Waals surface area (Å²) in [4.78, 5) is 0. The van der Waals surface area contributed by atoms with Gasteiger partial charge in [-0.1, -0.05) is 13.8 Å². The van der Waals surface area contributed by atoms with Gasteiger partial charge in [0.1, 0.15) is 0 Å². The molecule has 4 heteroatoms. The molecule has 1 fully saturated rings. The standard InChI is InChI=1S/C12H26N2O2/c1-9(2)10(5-13)6-14-7-11-8-15-12(3,4)16-11/h9-11,14H,5-8,13H2,1-4H3. The Bertz CT molecular complexity index is 207. The van der Waals surface area contributed by atoms with Crippen LogP contribution in [0.5, 0.6) is 0 Å². The number of ether oxygens (including phenoxy) is 2. The molecule has 96 valence electrons. The van der Waals surface area contributed by atoms with Crippen LogP contribution in [0, 0.1) is 11.8 Å². The number of hydrogen-bond donors (Lipinski definition) is 2. The van der Waals surface area contributed by atoms with Gasteiger partial charge in [-0.2, -0.15) is 0 Å². The molecule has 1 saturated heterocycles. The molecule has 1 rings (SSSR count). The van der Waals surface area contributed by atoms with Crippen molar-refractivity contribution in [3.63, 3.8) is 0 Å². The Morgan fingerprint density at radius 1 is 1.44 bits per heavy atom. The van der Waals surface area contributed by atoms with E-state index in [2.05, 4.69) is 19.2 Å². The highest BCUT2D eigenvalue weighted by atomic mass is 16.7. The van der Waals surface area contributed by atoms with Crippen molar-refractivity contribution in [3.8, 4) is 0 Å². The first-order valence-corrected chi connectivity index (χ1v) is 6.17. The van der Waals surface area contributed by atoms with Crippen LogP contribution in [0.1, 0.15) is 27.7 Å². The van der Waals surface area contributed by atoms with Crippen LogP contribution in [0.2, 0.25) is 0 Å². The molecular weight excluding hydrogens is 204 g/mol. The maximum Gasteiger partial charge on any atom is 0.163 e. The Labute approximate surface area is 98.9 Å². The normalized spacial score (nSPS) is 26.2. The third-order valence-corrected chi connectivity index (χ3v) is 3.09. The van der Waals surface area contributed by atoms with Gasteiger partial charge in [0.2, 0.25) is 0 Å². The average molecular weight is 230 g/mol. The minimum atomic E-state index is -0.419. The predicted octanol–water partition coefficient (Wildman–Crippen LogP) is 0.958.